The van der Waals surface area contributed by atoms with Crippen molar-refractivity contribution in [3.8, 4) is 0 Å². The van der Waals surface area contributed by atoms with E-state index in [1.54, 1.807) is 12.1 Å². The molecule has 1 rings (SSSR count). The topological polar surface area (TPSA) is 30.2 Å². The number of furan rings is 1. The minimum Gasteiger partial charge on any atom is -0.461 e. The molecule has 0 amide bonds. The fraction of sp³-hybridized carbons (Fsp3) is 0.500. The van der Waals surface area contributed by atoms with E-state index in [4.69, 9.17) is 4.42 Å². The number of ketones is 1. The molecule has 13 heavy (non-hydrogen) atoms. The number of rotatable bonds is 6. The Hall–Kier alpha value is -0.570. The number of alkyl halides is 1. The molecule has 0 spiro atoms. The van der Waals surface area contributed by atoms with Crippen LogP contribution >= 0.6 is 15.9 Å². The molecule has 1 aromatic heterocycles. The number of Topliss-reactive ketones (excluding diaryl/α,β-unsaturated/α-hetero) is 1. The standard InChI is InChI=1S/C10H13BrO2/c11-7-3-1-2-5-9(12)10-6-4-8-13-10/h4,6,8H,1-3,5,7H2. The second-order valence-corrected chi connectivity index (χ2v) is 3.69. The van der Waals surface area contributed by atoms with E-state index < -0.39 is 0 Å². The van der Waals surface area contributed by atoms with Gasteiger partial charge in [-0.2, -0.15) is 0 Å². The van der Waals surface area contributed by atoms with E-state index in [1.165, 1.54) is 6.26 Å². The summed E-state index contributed by atoms with van der Waals surface area (Å²) < 4.78 is 4.99. The third-order valence-electron chi connectivity index (χ3n) is 1.83. The van der Waals surface area contributed by atoms with Crippen molar-refractivity contribution in [1.82, 2.24) is 0 Å². The van der Waals surface area contributed by atoms with Gasteiger partial charge >= 0.3 is 0 Å². The molecule has 3 heteroatoms. The van der Waals surface area contributed by atoms with E-state index in [1.807, 2.05) is 0 Å². The maximum atomic E-state index is 11.4. The molecule has 0 aliphatic carbocycles. The Bertz CT molecular complexity index is 241. The highest BCUT2D eigenvalue weighted by atomic mass is 79.9. The zero-order valence-electron chi connectivity index (χ0n) is 7.46. The van der Waals surface area contributed by atoms with E-state index in [0.29, 0.717) is 12.2 Å². The second-order valence-electron chi connectivity index (χ2n) is 2.90. The van der Waals surface area contributed by atoms with Crippen LogP contribution < -0.4 is 0 Å². The molecule has 0 aliphatic heterocycles. The molecular formula is C10H13BrO2. The van der Waals surface area contributed by atoms with E-state index in [9.17, 15) is 4.79 Å². The minimum absolute atomic E-state index is 0.111. The predicted octanol–water partition coefficient (Wildman–Crippen LogP) is 3.42. The molecule has 0 aliphatic rings. The molecule has 0 saturated carbocycles. The molecule has 0 N–H and O–H groups in total. The summed E-state index contributed by atoms with van der Waals surface area (Å²) in [7, 11) is 0. The van der Waals surface area contributed by atoms with Gasteiger partial charge in [-0.15, -0.1) is 0 Å². The van der Waals surface area contributed by atoms with Crippen LogP contribution in [0, 0.1) is 0 Å². The van der Waals surface area contributed by atoms with Crippen molar-refractivity contribution in [3.05, 3.63) is 24.2 Å². The summed E-state index contributed by atoms with van der Waals surface area (Å²) in [5.74, 6) is 0.596. The zero-order valence-corrected chi connectivity index (χ0v) is 9.05. The highest BCUT2D eigenvalue weighted by molar-refractivity contribution is 9.09. The van der Waals surface area contributed by atoms with Crippen LogP contribution in [0.5, 0.6) is 0 Å². The third-order valence-corrected chi connectivity index (χ3v) is 2.39. The first-order chi connectivity index (χ1) is 6.34. The SMILES string of the molecule is O=C(CCCCCBr)c1ccco1. The lowest BCUT2D eigenvalue weighted by Gasteiger charge is -1.96. The first-order valence-electron chi connectivity index (χ1n) is 4.47. The van der Waals surface area contributed by atoms with Gasteiger partial charge in [0.25, 0.3) is 0 Å². The molecule has 1 aromatic rings. The fourth-order valence-corrected chi connectivity index (χ4v) is 1.51. The first-order valence-corrected chi connectivity index (χ1v) is 5.59. The van der Waals surface area contributed by atoms with Gasteiger partial charge in [-0.25, -0.2) is 0 Å². The molecule has 2 nitrogen and oxygen atoms in total. The van der Waals surface area contributed by atoms with Crippen LogP contribution in [0.15, 0.2) is 22.8 Å². The number of carbonyl (C=O) groups is 1. The Labute approximate surface area is 86.4 Å². The molecule has 0 atom stereocenters. The summed E-state index contributed by atoms with van der Waals surface area (Å²) in [5.41, 5.74) is 0. The van der Waals surface area contributed by atoms with Crippen molar-refractivity contribution in [2.24, 2.45) is 0 Å². The summed E-state index contributed by atoms with van der Waals surface area (Å²) in [5, 5.41) is 1.02. The van der Waals surface area contributed by atoms with Crippen molar-refractivity contribution >= 4 is 21.7 Å². The maximum Gasteiger partial charge on any atom is 0.197 e. The van der Waals surface area contributed by atoms with Crippen molar-refractivity contribution in [2.75, 3.05) is 5.33 Å². The van der Waals surface area contributed by atoms with Crippen molar-refractivity contribution < 1.29 is 9.21 Å². The van der Waals surface area contributed by atoms with Gasteiger partial charge in [0, 0.05) is 11.8 Å². The van der Waals surface area contributed by atoms with Crippen molar-refractivity contribution in [1.29, 1.82) is 0 Å². The number of unbranched alkanes of at least 4 members (excludes halogenated alkanes) is 2. The predicted molar refractivity (Wildman–Crippen MR) is 55.3 cm³/mol. The van der Waals surface area contributed by atoms with Crippen LogP contribution in [0.25, 0.3) is 0 Å². The molecule has 0 radical (unpaired) electrons. The average Bonchev–Trinajstić information content (AvgIpc) is 2.65. The van der Waals surface area contributed by atoms with Gasteiger partial charge in [0.2, 0.25) is 0 Å². The van der Waals surface area contributed by atoms with Gasteiger partial charge in [0.1, 0.15) is 0 Å². The monoisotopic (exact) mass is 244 g/mol. The lowest BCUT2D eigenvalue weighted by Crippen LogP contribution is -1.96. The van der Waals surface area contributed by atoms with E-state index in [0.717, 1.165) is 24.6 Å². The van der Waals surface area contributed by atoms with Gasteiger partial charge in [0.15, 0.2) is 11.5 Å². The average molecular weight is 245 g/mol. The van der Waals surface area contributed by atoms with Gasteiger partial charge in [-0.1, -0.05) is 22.4 Å². The van der Waals surface area contributed by atoms with Crippen LogP contribution in [0.3, 0.4) is 0 Å². The quantitative estimate of drug-likeness (QED) is 0.436. The Kier molecular flexibility index (Phi) is 4.83. The van der Waals surface area contributed by atoms with Crippen molar-refractivity contribution in [3.63, 3.8) is 0 Å². The molecule has 0 unspecified atom stereocenters. The van der Waals surface area contributed by atoms with Crippen LogP contribution in [0.4, 0.5) is 0 Å². The Morgan fingerprint density at radius 3 is 2.85 bits per heavy atom. The fourth-order valence-electron chi connectivity index (χ4n) is 1.12. The van der Waals surface area contributed by atoms with Gasteiger partial charge in [-0.05, 0) is 25.0 Å². The minimum atomic E-state index is 0.111. The molecule has 72 valence electrons. The van der Waals surface area contributed by atoms with Crippen molar-refractivity contribution in [2.45, 2.75) is 25.7 Å². The highest BCUT2D eigenvalue weighted by Crippen LogP contribution is 2.08. The normalized spacial score (nSPS) is 10.2. The summed E-state index contributed by atoms with van der Waals surface area (Å²) in [4.78, 5) is 11.4. The van der Waals surface area contributed by atoms with E-state index >= 15 is 0 Å². The Balaban J connectivity index is 2.19. The smallest absolute Gasteiger partial charge is 0.197 e. The van der Waals surface area contributed by atoms with Crippen LogP contribution in [0.1, 0.15) is 36.2 Å². The van der Waals surface area contributed by atoms with Crippen LogP contribution in [0.2, 0.25) is 0 Å². The van der Waals surface area contributed by atoms with Gasteiger partial charge < -0.3 is 4.42 Å². The molecular weight excluding hydrogens is 232 g/mol. The van der Waals surface area contributed by atoms with Gasteiger partial charge in [-0.3, -0.25) is 4.79 Å². The zero-order chi connectivity index (χ0) is 9.52. The summed E-state index contributed by atoms with van der Waals surface area (Å²) in [6.07, 6.45) is 5.31. The largest absolute Gasteiger partial charge is 0.461 e. The number of hydrogen-bond acceptors (Lipinski definition) is 2. The van der Waals surface area contributed by atoms with E-state index in [2.05, 4.69) is 15.9 Å². The molecule has 0 saturated heterocycles. The molecule has 0 fully saturated rings. The Morgan fingerprint density at radius 1 is 1.38 bits per heavy atom. The third kappa shape index (κ3) is 3.77. The number of halogens is 1. The maximum absolute atomic E-state index is 11.4. The molecule has 0 aromatic carbocycles. The molecule has 0 bridgehead atoms. The lowest BCUT2D eigenvalue weighted by atomic mass is 10.1. The van der Waals surface area contributed by atoms with Crippen LogP contribution in [-0.4, -0.2) is 11.1 Å². The van der Waals surface area contributed by atoms with Gasteiger partial charge in [0.05, 0.1) is 6.26 Å². The highest BCUT2D eigenvalue weighted by Gasteiger charge is 2.06. The second kappa shape index (κ2) is 5.97. The number of hydrogen-bond donors (Lipinski definition) is 0. The summed E-state index contributed by atoms with van der Waals surface area (Å²) in [6.45, 7) is 0. The summed E-state index contributed by atoms with van der Waals surface area (Å²) >= 11 is 3.35. The first kappa shape index (κ1) is 10.5. The van der Waals surface area contributed by atoms with Crippen LogP contribution in [-0.2, 0) is 0 Å². The Morgan fingerprint density at radius 2 is 2.23 bits per heavy atom. The molecule has 1 heterocycles. The summed E-state index contributed by atoms with van der Waals surface area (Å²) in [6, 6.07) is 3.46. The number of carbonyl (C=O) groups excluding carboxylic acids is 1. The van der Waals surface area contributed by atoms with E-state index in [-0.39, 0.29) is 5.78 Å². The lowest BCUT2D eigenvalue weighted by molar-refractivity contribution is 0.0952.